The van der Waals surface area contributed by atoms with Crippen LogP contribution in [0.15, 0.2) is 90.1 Å². The molecule has 3 aromatic carbocycles. The van der Waals surface area contributed by atoms with Gasteiger partial charge in [-0.25, -0.2) is 0 Å². The standard InChI is InChI=1S/C24H21ClN4OS/c1-17(23(30)26-20-10-6-3-7-11-20)31-24-28-27-22(16-18-8-4-2-5-9-18)29(24)21-14-12-19(25)13-15-21/h2-15,17H,16H2,1H3,(H,26,30). The molecule has 0 fully saturated rings. The van der Waals surface area contributed by atoms with E-state index in [0.29, 0.717) is 16.6 Å². The summed E-state index contributed by atoms with van der Waals surface area (Å²) >= 11 is 7.46. The molecule has 0 aliphatic heterocycles. The first-order valence-corrected chi connectivity index (χ1v) is 11.1. The zero-order valence-corrected chi connectivity index (χ0v) is 18.5. The molecule has 4 aromatic rings. The molecule has 7 heteroatoms. The predicted octanol–water partition coefficient (Wildman–Crippen LogP) is 5.63. The summed E-state index contributed by atoms with van der Waals surface area (Å²) in [7, 11) is 0. The van der Waals surface area contributed by atoms with Gasteiger partial charge in [0, 0.05) is 22.8 Å². The first-order chi connectivity index (χ1) is 15.1. The van der Waals surface area contributed by atoms with E-state index in [1.165, 1.54) is 11.8 Å². The lowest BCUT2D eigenvalue weighted by Crippen LogP contribution is -2.22. The Bertz CT molecular complexity index is 1150. The van der Waals surface area contributed by atoms with Crippen molar-refractivity contribution in [1.29, 1.82) is 0 Å². The van der Waals surface area contributed by atoms with Gasteiger partial charge < -0.3 is 5.32 Å². The van der Waals surface area contributed by atoms with Gasteiger partial charge in [0.25, 0.3) is 0 Å². The van der Waals surface area contributed by atoms with E-state index >= 15 is 0 Å². The SMILES string of the molecule is CC(Sc1nnc(Cc2ccccc2)n1-c1ccc(Cl)cc1)C(=O)Nc1ccccc1. The zero-order chi connectivity index (χ0) is 21.6. The number of nitrogens with one attached hydrogen (secondary N) is 1. The van der Waals surface area contributed by atoms with Crippen LogP contribution in [-0.4, -0.2) is 25.9 Å². The smallest absolute Gasteiger partial charge is 0.237 e. The first-order valence-electron chi connectivity index (χ1n) is 9.87. The maximum Gasteiger partial charge on any atom is 0.237 e. The summed E-state index contributed by atoms with van der Waals surface area (Å²) < 4.78 is 1.99. The molecule has 0 aliphatic carbocycles. The highest BCUT2D eigenvalue weighted by molar-refractivity contribution is 8.00. The second-order valence-corrected chi connectivity index (χ2v) is 8.73. The van der Waals surface area contributed by atoms with Gasteiger partial charge in [-0.15, -0.1) is 10.2 Å². The fourth-order valence-corrected chi connectivity index (χ4v) is 4.11. The number of amides is 1. The summed E-state index contributed by atoms with van der Waals surface area (Å²) in [5, 5.41) is 12.7. The highest BCUT2D eigenvalue weighted by Gasteiger charge is 2.21. The van der Waals surface area contributed by atoms with E-state index in [0.717, 1.165) is 22.8 Å². The minimum atomic E-state index is -0.361. The largest absolute Gasteiger partial charge is 0.325 e. The van der Waals surface area contributed by atoms with Gasteiger partial charge in [0.2, 0.25) is 5.91 Å². The van der Waals surface area contributed by atoms with E-state index in [4.69, 9.17) is 11.6 Å². The Kier molecular flexibility index (Phi) is 6.70. The maximum absolute atomic E-state index is 12.7. The van der Waals surface area contributed by atoms with Crippen LogP contribution >= 0.6 is 23.4 Å². The van der Waals surface area contributed by atoms with E-state index in [-0.39, 0.29) is 11.2 Å². The van der Waals surface area contributed by atoms with Crippen molar-refractivity contribution >= 4 is 35.0 Å². The Morgan fingerprint density at radius 2 is 1.61 bits per heavy atom. The number of rotatable bonds is 7. The molecule has 1 atom stereocenters. The van der Waals surface area contributed by atoms with Crippen LogP contribution in [0.1, 0.15) is 18.3 Å². The number of aromatic nitrogens is 3. The summed E-state index contributed by atoms with van der Waals surface area (Å²) in [6.07, 6.45) is 0.627. The number of hydrogen-bond acceptors (Lipinski definition) is 4. The van der Waals surface area contributed by atoms with Crippen molar-refractivity contribution in [2.75, 3.05) is 5.32 Å². The van der Waals surface area contributed by atoms with Crippen LogP contribution < -0.4 is 5.32 Å². The van der Waals surface area contributed by atoms with Crippen molar-refractivity contribution in [2.45, 2.75) is 23.8 Å². The average Bonchev–Trinajstić information content (AvgIpc) is 3.17. The third-order valence-corrected chi connectivity index (χ3v) is 5.98. The summed E-state index contributed by atoms with van der Waals surface area (Å²) in [4.78, 5) is 12.7. The normalized spacial score (nSPS) is 11.8. The number of thioether (sulfide) groups is 1. The van der Waals surface area contributed by atoms with E-state index < -0.39 is 0 Å². The molecule has 0 bridgehead atoms. The minimum Gasteiger partial charge on any atom is -0.325 e. The number of carbonyl (C=O) groups is 1. The molecule has 0 radical (unpaired) electrons. The number of benzene rings is 3. The first kappa shape index (κ1) is 21.2. The van der Waals surface area contributed by atoms with Crippen LogP contribution in [0.25, 0.3) is 5.69 Å². The molecule has 0 aliphatic rings. The van der Waals surface area contributed by atoms with Crippen LogP contribution in [-0.2, 0) is 11.2 Å². The summed E-state index contributed by atoms with van der Waals surface area (Å²) in [6.45, 7) is 1.86. The molecule has 31 heavy (non-hydrogen) atoms. The van der Waals surface area contributed by atoms with Crippen LogP contribution in [0, 0.1) is 0 Å². The molecule has 0 saturated heterocycles. The topological polar surface area (TPSA) is 59.8 Å². The monoisotopic (exact) mass is 448 g/mol. The fraction of sp³-hybridized carbons (Fsp3) is 0.125. The number of nitrogens with zero attached hydrogens (tertiary/aromatic N) is 3. The Balaban J connectivity index is 1.60. The lowest BCUT2D eigenvalue weighted by molar-refractivity contribution is -0.115. The lowest BCUT2D eigenvalue weighted by Gasteiger charge is -2.14. The van der Waals surface area contributed by atoms with Crippen LogP contribution in [0.2, 0.25) is 5.02 Å². The van der Waals surface area contributed by atoms with Crippen molar-refractivity contribution in [3.63, 3.8) is 0 Å². The Hall–Kier alpha value is -3.09. The highest BCUT2D eigenvalue weighted by Crippen LogP contribution is 2.28. The van der Waals surface area contributed by atoms with Gasteiger partial charge in [0.15, 0.2) is 5.16 Å². The number of anilines is 1. The second-order valence-electron chi connectivity index (χ2n) is 6.99. The molecule has 5 nitrogen and oxygen atoms in total. The van der Waals surface area contributed by atoms with Crippen molar-refractivity contribution in [1.82, 2.24) is 14.8 Å². The maximum atomic E-state index is 12.7. The molecule has 1 heterocycles. The van der Waals surface area contributed by atoms with Gasteiger partial charge >= 0.3 is 0 Å². The number of carbonyl (C=O) groups excluding carboxylic acids is 1. The molecule has 1 amide bonds. The van der Waals surface area contributed by atoms with Crippen molar-refractivity contribution < 1.29 is 4.79 Å². The molecule has 1 aromatic heterocycles. The van der Waals surface area contributed by atoms with E-state index in [1.807, 2.05) is 84.3 Å². The van der Waals surface area contributed by atoms with Crippen molar-refractivity contribution in [3.8, 4) is 5.69 Å². The Labute approximate surface area is 190 Å². The summed E-state index contributed by atoms with van der Waals surface area (Å²) in [5.41, 5.74) is 2.80. The quantitative estimate of drug-likeness (QED) is 0.372. The van der Waals surface area contributed by atoms with Crippen LogP contribution in [0.5, 0.6) is 0 Å². The van der Waals surface area contributed by atoms with Gasteiger partial charge in [-0.2, -0.15) is 0 Å². The summed E-state index contributed by atoms with van der Waals surface area (Å²) in [6, 6.07) is 27.1. The Morgan fingerprint density at radius 3 is 2.29 bits per heavy atom. The van der Waals surface area contributed by atoms with Gasteiger partial charge in [-0.1, -0.05) is 71.9 Å². The van der Waals surface area contributed by atoms with E-state index in [2.05, 4.69) is 27.6 Å². The van der Waals surface area contributed by atoms with Crippen molar-refractivity contribution in [2.24, 2.45) is 0 Å². The van der Waals surface area contributed by atoms with E-state index in [1.54, 1.807) is 0 Å². The summed E-state index contributed by atoms with van der Waals surface area (Å²) in [5.74, 6) is 0.707. The third kappa shape index (κ3) is 5.34. The average molecular weight is 449 g/mol. The highest BCUT2D eigenvalue weighted by atomic mass is 35.5. The molecule has 4 rings (SSSR count). The number of halogens is 1. The van der Waals surface area contributed by atoms with Gasteiger partial charge in [0.1, 0.15) is 5.82 Å². The third-order valence-electron chi connectivity index (χ3n) is 4.68. The molecular weight excluding hydrogens is 428 g/mol. The molecule has 1 N–H and O–H groups in total. The second kappa shape index (κ2) is 9.81. The van der Waals surface area contributed by atoms with Gasteiger partial charge in [0.05, 0.1) is 5.25 Å². The van der Waals surface area contributed by atoms with Gasteiger partial charge in [-0.05, 0) is 48.9 Å². The molecule has 1 unspecified atom stereocenters. The molecule has 0 spiro atoms. The number of hydrogen-bond donors (Lipinski definition) is 1. The van der Waals surface area contributed by atoms with Crippen LogP contribution in [0.3, 0.4) is 0 Å². The molecular formula is C24H21ClN4OS. The van der Waals surface area contributed by atoms with E-state index in [9.17, 15) is 4.79 Å². The number of para-hydroxylation sites is 1. The minimum absolute atomic E-state index is 0.0912. The van der Waals surface area contributed by atoms with Crippen molar-refractivity contribution in [3.05, 3.63) is 101 Å². The fourth-order valence-electron chi connectivity index (χ4n) is 3.10. The van der Waals surface area contributed by atoms with Crippen LogP contribution in [0.4, 0.5) is 5.69 Å². The molecule has 0 saturated carbocycles. The zero-order valence-electron chi connectivity index (χ0n) is 16.9. The predicted molar refractivity (Wildman–Crippen MR) is 126 cm³/mol. The Morgan fingerprint density at radius 1 is 0.968 bits per heavy atom. The van der Waals surface area contributed by atoms with Gasteiger partial charge in [-0.3, -0.25) is 9.36 Å². The lowest BCUT2D eigenvalue weighted by atomic mass is 10.1. The molecule has 156 valence electrons.